The van der Waals surface area contributed by atoms with E-state index in [-0.39, 0.29) is 19.1 Å². The van der Waals surface area contributed by atoms with Gasteiger partial charge in [0.15, 0.2) is 11.4 Å². The van der Waals surface area contributed by atoms with Gasteiger partial charge in [0.2, 0.25) is 10.3 Å². The number of aryl methyl sites for hydroxylation is 1. The van der Waals surface area contributed by atoms with Gasteiger partial charge in [-0.05, 0) is 61.0 Å². The summed E-state index contributed by atoms with van der Waals surface area (Å²) < 4.78 is 139. The fourth-order valence-corrected chi connectivity index (χ4v) is 9.99. The molecule has 0 spiro atoms. The van der Waals surface area contributed by atoms with Crippen molar-refractivity contribution in [3.8, 4) is 28.7 Å². The van der Waals surface area contributed by atoms with E-state index in [9.17, 15) is 39.2 Å². The number of carbonyl (C=O) groups excluding carboxylic acids is 1. The second-order valence-electron chi connectivity index (χ2n) is 14.2. The van der Waals surface area contributed by atoms with Crippen LogP contribution in [0.25, 0.3) is 0 Å². The van der Waals surface area contributed by atoms with Crippen LogP contribution in [0.4, 0.5) is 33.0 Å². The average molecular weight is 1230 g/mol. The lowest BCUT2D eigenvalue weighted by atomic mass is 10.1. The standard InChI is InChI=1S/C17H14ClF2N3O4S2.C11H13N3O2S.C9H10O2.C6H2Cl2F2O2S.C2H3N3S.CH3/c1-26-11-4-3-10(15(5-11)27-2)8-23(17-21-9-22-28-17)29(24,25)16-6-12(18)13(19)7-14(16)20;1-15-9-4-3-8(10(5-9)16-2)6-12-11-13-7-14-17-11;1-7-3-4-8(6-10)9(5-7)11-2;7-3-1-6(13(8,11)12)5(10)2-4(3)9;3-2-4-1-5-6-2;/h3-7,9H,8H2,1-2H3;3-5,7H,6H2,1-2H3,(H,12,13,14);3-6H,1-2H3;1-2H;1H,(H2,3,4,5);1H3/q;;;;;-1. The van der Waals surface area contributed by atoms with Crippen LogP contribution in [0, 0.1) is 37.6 Å². The van der Waals surface area contributed by atoms with Crippen molar-refractivity contribution in [2.75, 3.05) is 50.9 Å². The summed E-state index contributed by atoms with van der Waals surface area (Å²) in [5.74, 6) is -1.58. The number of nitrogens with zero attached hydrogens (tertiary/aromatic N) is 7. The number of sulfonamides is 1. The van der Waals surface area contributed by atoms with Gasteiger partial charge in [-0.1, -0.05) is 29.3 Å². The zero-order valence-corrected chi connectivity index (χ0v) is 47.6. The van der Waals surface area contributed by atoms with Gasteiger partial charge in [0.05, 0.1) is 57.7 Å². The molecule has 0 unspecified atom stereocenters. The SMILES string of the molecule is COc1cc(C)ccc1C=O.COc1ccc(CN(c2ncns2)S(=O)(=O)c2cc(Cl)c(F)cc2F)c(OC)c1.COc1ccc(CNc2ncns2)c(OC)c1.Nc1ncns1.O=S(=O)(Cl)c1cc(Cl)c(F)cc1F.[CH3-]. The lowest BCUT2D eigenvalue weighted by Crippen LogP contribution is -2.31. The zero-order chi connectivity index (χ0) is 56.2. The Bertz CT molecular complexity index is 3380. The molecular weight excluding hydrogens is 1180 g/mol. The summed E-state index contributed by atoms with van der Waals surface area (Å²) in [6.45, 7) is 2.35. The molecule has 0 atom stereocenters. The molecule has 0 aliphatic heterocycles. The molecule has 0 aliphatic rings. The first kappa shape index (κ1) is 64.6. The van der Waals surface area contributed by atoms with Crippen molar-refractivity contribution in [1.29, 1.82) is 0 Å². The van der Waals surface area contributed by atoms with Gasteiger partial charge in [-0.3, -0.25) is 4.79 Å². The maximum atomic E-state index is 14.3. The zero-order valence-electron chi connectivity index (χ0n) is 41.2. The van der Waals surface area contributed by atoms with E-state index in [1.807, 2.05) is 37.3 Å². The number of nitrogens with two attached hydrogens (primary N) is 1. The number of nitrogens with one attached hydrogen (secondary N) is 1. The Morgan fingerprint density at radius 1 is 0.636 bits per heavy atom. The fraction of sp³-hybridized carbons (Fsp3) is 0.174. The van der Waals surface area contributed by atoms with Crippen LogP contribution >= 0.6 is 68.5 Å². The first-order chi connectivity index (χ1) is 36.1. The fourth-order valence-electron chi connectivity index (χ4n) is 5.70. The Morgan fingerprint density at radius 2 is 1.16 bits per heavy atom. The summed E-state index contributed by atoms with van der Waals surface area (Å²) in [6.07, 6.45) is 4.91. The third-order valence-corrected chi connectivity index (χ3v) is 14.9. The van der Waals surface area contributed by atoms with Crippen molar-refractivity contribution in [2.24, 2.45) is 0 Å². The van der Waals surface area contributed by atoms with Gasteiger partial charge in [-0.2, -0.15) is 13.1 Å². The molecule has 5 aromatic carbocycles. The molecule has 77 heavy (non-hydrogen) atoms. The second kappa shape index (κ2) is 30.9. The van der Waals surface area contributed by atoms with E-state index in [2.05, 4.69) is 33.4 Å². The largest absolute Gasteiger partial charge is 0.497 e. The molecule has 0 fully saturated rings. The van der Waals surface area contributed by atoms with E-state index in [1.54, 1.807) is 45.6 Å². The van der Waals surface area contributed by atoms with Gasteiger partial charge in [0, 0.05) is 87.2 Å². The van der Waals surface area contributed by atoms with Crippen molar-refractivity contribution < 1.29 is 62.9 Å². The smallest absolute Gasteiger partial charge is 0.269 e. The number of nitrogen functional groups attached to an aromatic ring is 1. The highest BCUT2D eigenvalue weighted by Gasteiger charge is 2.32. The van der Waals surface area contributed by atoms with E-state index < -0.39 is 62.2 Å². The highest BCUT2D eigenvalue weighted by Crippen LogP contribution is 2.34. The first-order valence-corrected chi connectivity index (χ1v) is 27.5. The number of aldehydes is 1. The molecule has 0 saturated heterocycles. The molecule has 0 radical (unpaired) electrons. The number of anilines is 3. The predicted octanol–water partition coefficient (Wildman–Crippen LogP) is 11.0. The van der Waals surface area contributed by atoms with Gasteiger partial charge in [0.25, 0.3) is 19.1 Å². The molecule has 8 rings (SSSR count). The maximum Gasteiger partial charge on any atom is 0.269 e. The summed E-state index contributed by atoms with van der Waals surface area (Å²) in [7, 11) is 3.84. The normalized spacial score (nSPS) is 10.5. The van der Waals surface area contributed by atoms with E-state index >= 15 is 0 Å². The highest BCUT2D eigenvalue weighted by molar-refractivity contribution is 8.13. The van der Waals surface area contributed by atoms with Gasteiger partial charge < -0.3 is 42.2 Å². The highest BCUT2D eigenvalue weighted by atomic mass is 35.7. The van der Waals surface area contributed by atoms with Crippen LogP contribution in [0.2, 0.25) is 10.0 Å². The number of hydrogen-bond acceptors (Lipinski definition) is 21. The lowest BCUT2D eigenvalue weighted by molar-refractivity contribution is 0.112. The molecule has 3 heterocycles. The molecule has 0 bridgehead atoms. The third kappa shape index (κ3) is 19.1. The van der Waals surface area contributed by atoms with Crippen molar-refractivity contribution in [2.45, 2.75) is 29.8 Å². The van der Waals surface area contributed by atoms with E-state index in [0.717, 1.165) is 55.9 Å². The van der Waals surface area contributed by atoms with Crippen LogP contribution in [0.15, 0.2) is 108 Å². The van der Waals surface area contributed by atoms with Gasteiger partial charge >= 0.3 is 0 Å². The van der Waals surface area contributed by atoms with Crippen LogP contribution in [0.5, 0.6) is 28.7 Å². The van der Waals surface area contributed by atoms with Crippen molar-refractivity contribution >= 4 is 109 Å². The molecule has 0 aliphatic carbocycles. The average Bonchev–Trinajstić information content (AvgIpc) is 4.24. The Kier molecular flexibility index (Phi) is 26.0. The minimum Gasteiger partial charge on any atom is -0.497 e. The summed E-state index contributed by atoms with van der Waals surface area (Å²) in [5.41, 5.74) is 8.31. The number of benzene rings is 5. The Labute approximate surface area is 467 Å². The Balaban J connectivity index is 0.000000277. The van der Waals surface area contributed by atoms with E-state index in [4.69, 9.17) is 63.3 Å². The molecule has 8 aromatic rings. The second-order valence-corrected chi connectivity index (χ2v) is 21.7. The van der Waals surface area contributed by atoms with Crippen LogP contribution in [-0.2, 0) is 32.2 Å². The maximum absolute atomic E-state index is 14.3. The minimum absolute atomic E-state index is 0. The Morgan fingerprint density at radius 3 is 1.62 bits per heavy atom. The lowest BCUT2D eigenvalue weighted by Gasteiger charge is -2.23. The van der Waals surface area contributed by atoms with Crippen LogP contribution in [0.1, 0.15) is 27.0 Å². The summed E-state index contributed by atoms with van der Waals surface area (Å²) >= 11 is 14.2. The number of methoxy groups -OCH3 is 5. The number of ether oxygens (including phenoxy) is 5. The minimum atomic E-state index is -4.50. The topological polar surface area (TPSA) is 250 Å². The number of halogens is 7. The molecular formula is C46H45Cl3F4N9O10S5-. The first-order valence-electron chi connectivity index (χ1n) is 20.7. The molecule has 31 heteroatoms. The van der Waals surface area contributed by atoms with Crippen molar-refractivity contribution in [3.63, 3.8) is 0 Å². The number of hydrogen-bond donors (Lipinski definition) is 2. The third-order valence-electron chi connectivity index (χ3n) is 9.33. The van der Waals surface area contributed by atoms with Crippen LogP contribution in [0.3, 0.4) is 0 Å². The number of aromatic nitrogens is 6. The summed E-state index contributed by atoms with van der Waals surface area (Å²) in [4.78, 5) is 20.4. The molecule has 0 saturated carbocycles. The molecule has 19 nitrogen and oxygen atoms in total. The van der Waals surface area contributed by atoms with Crippen molar-refractivity contribution in [3.05, 3.63) is 161 Å². The van der Waals surface area contributed by atoms with E-state index in [0.29, 0.717) is 58.3 Å². The van der Waals surface area contributed by atoms with Crippen molar-refractivity contribution in [1.82, 2.24) is 28.1 Å². The van der Waals surface area contributed by atoms with Crippen LogP contribution in [-0.4, -0.2) is 86.7 Å². The summed E-state index contributed by atoms with van der Waals surface area (Å²) in [6, 6.07) is 18.1. The van der Waals surface area contributed by atoms with Gasteiger partial charge in [-0.25, -0.2) is 53.7 Å². The van der Waals surface area contributed by atoms with Crippen LogP contribution < -0.4 is 39.0 Å². The monoisotopic (exact) mass is 1220 g/mol. The Hall–Kier alpha value is -6.66. The number of carbonyl (C=O) groups is 1. The quantitative estimate of drug-likeness (QED) is 0.0318. The van der Waals surface area contributed by atoms with Gasteiger partial charge in [-0.15, -0.1) is 0 Å². The molecule has 0 amide bonds. The van der Waals surface area contributed by atoms with Gasteiger partial charge in [0.1, 0.15) is 80.8 Å². The summed E-state index contributed by atoms with van der Waals surface area (Å²) in [5, 5.41) is 3.46. The molecule has 414 valence electrons. The molecule has 3 aromatic heterocycles. The number of rotatable bonds is 15. The predicted molar refractivity (Wildman–Crippen MR) is 289 cm³/mol. The molecule has 3 N–H and O–H groups in total. The van der Waals surface area contributed by atoms with E-state index in [1.165, 1.54) is 56.3 Å².